The highest BCUT2D eigenvalue weighted by atomic mass is 16.5. The van der Waals surface area contributed by atoms with Gasteiger partial charge >= 0.3 is 0 Å². The van der Waals surface area contributed by atoms with E-state index in [0.717, 1.165) is 23.4 Å². The van der Waals surface area contributed by atoms with Crippen molar-refractivity contribution in [2.45, 2.75) is 13.3 Å². The second kappa shape index (κ2) is 7.62. The zero-order valence-electron chi connectivity index (χ0n) is 11.6. The summed E-state index contributed by atoms with van der Waals surface area (Å²) in [6.45, 7) is 3.05. The first-order chi connectivity index (χ1) is 9.81. The van der Waals surface area contributed by atoms with E-state index in [-0.39, 0.29) is 6.61 Å². The maximum atomic E-state index is 8.58. The van der Waals surface area contributed by atoms with Gasteiger partial charge in [-0.25, -0.2) is 4.98 Å². The minimum absolute atomic E-state index is 0.0478. The maximum absolute atomic E-state index is 8.58. The van der Waals surface area contributed by atoms with E-state index >= 15 is 0 Å². The second-order valence-corrected chi connectivity index (χ2v) is 4.37. The fourth-order valence-corrected chi connectivity index (χ4v) is 1.83. The molecular formula is C16H19NO3. The predicted octanol–water partition coefficient (Wildman–Crippen LogP) is 2.76. The molecule has 0 saturated carbocycles. The van der Waals surface area contributed by atoms with Crippen LogP contribution in [-0.4, -0.2) is 29.9 Å². The van der Waals surface area contributed by atoms with Crippen LogP contribution in [0.3, 0.4) is 0 Å². The van der Waals surface area contributed by atoms with Crippen LogP contribution in [0.4, 0.5) is 0 Å². The van der Waals surface area contributed by atoms with Crippen LogP contribution >= 0.6 is 0 Å². The number of hydrogen-bond donors (Lipinski definition) is 1. The van der Waals surface area contributed by atoms with Crippen molar-refractivity contribution < 1.29 is 14.3 Å². The summed E-state index contributed by atoms with van der Waals surface area (Å²) in [4.78, 5) is 4.51. The SMILES string of the molecule is Cc1oc(-c2ccccc2)nc1CCOC/C=C/CO. The van der Waals surface area contributed by atoms with E-state index < -0.39 is 0 Å². The normalized spacial score (nSPS) is 11.3. The quantitative estimate of drug-likeness (QED) is 0.622. The molecule has 1 heterocycles. The Labute approximate surface area is 118 Å². The van der Waals surface area contributed by atoms with Gasteiger partial charge in [0.05, 0.1) is 25.5 Å². The van der Waals surface area contributed by atoms with Gasteiger partial charge in [-0.15, -0.1) is 0 Å². The van der Waals surface area contributed by atoms with Crippen molar-refractivity contribution in [1.29, 1.82) is 0 Å². The summed E-state index contributed by atoms with van der Waals surface area (Å²) >= 11 is 0. The van der Waals surface area contributed by atoms with Gasteiger partial charge in [0.15, 0.2) is 0 Å². The van der Waals surface area contributed by atoms with Gasteiger partial charge in [-0.05, 0) is 19.1 Å². The third-order valence-corrected chi connectivity index (χ3v) is 2.88. The van der Waals surface area contributed by atoms with Crippen LogP contribution in [-0.2, 0) is 11.2 Å². The monoisotopic (exact) mass is 273 g/mol. The first-order valence-corrected chi connectivity index (χ1v) is 6.66. The minimum atomic E-state index is 0.0478. The molecule has 20 heavy (non-hydrogen) atoms. The van der Waals surface area contributed by atoms with E-state index in [2.05, 4.69) is 4.98 Å². The van der Waals surface area contributed by atoms with Crippen molar-refractivity contribution >= 4 is 0 Å². The average Bonchev–Trinajstić information content (AvgIpc) is 2.85. The van der Waals surface area contributed by atoms with Crippen molar-refractivity contribution in [2.24, 2.45) is 0 Å². The molecule has 0 aliphatic carbocycles. The molecule has 0 bridgehead atoms. The molecule has 2 rings (SSSR count). The topological polar surface area (TPSA) is 55.5 Å². The zero-order chi connectivity index (χ0) is 14.2. The average molecular weight is 273 g/mol. The van der Waals surface area contributed by atoms with E-state index in [1.54, 1.807) is 12.2 Å². The van der Waals surface area contributed by atoms with E-state index in [0.29, 0.717) is 19.1 Å². The lowest BCUT2D eigenvalue weighted by Gasteiger charge is -1.98. The van der Waals surface area contributed by atoms with Gasteiger partial charge in [0.25, 0.3) is 0 Å². The van der Waals surface area contributed by atoms with Crippen LogP contribution in [0.15, 0.2) is 46.9 Å². The fraction of sp³-hybridized carbons (Fsp3) is 0.312. The number of aromatic nitrogens is 1. The Morgan fingerprint density at radius 1 is 1.25 bits per heavy atom. The third kappa shape index (κ3) is 4.05. The van der Waals surface area contributed by atoms with Crippen molar-refractivity contribution in [2.75, 3.05) is 19.8 Å². The predicted molar refractivity (Wildman–Crippen MR) is 77.4 cm³/mol. The Kier molecular flexibility index (Phi) is 5.53. The lowest BCUT2D eigenvalue weighted by molar-refractivity contribution is 0.164. The fourth-order valence-electron chi connectivity index (χ4n) is 1.83. The molecule has 0 unspecified atom stereocenters. The van der Waals surface area contributed by atoms with Gasteiger partial charge in [-0.3, -0.25) is 0 Å². The number of benzene rings is 1. The molecule has 0 aliphatic rings. The first-order valence-electron chi connectivity index (χ1n) is 6.66. The number of hydrogen-bond acceptors (Lipinski definition) is 4. The van der Waals surface area contributed by atoms with Crippen LogP contribution < -0.4 is 0 Å². The molecule has 0 amide bonds. The highest BCUT2D eigenvalue weighted by molar-refractivity contribution is 5.53. The molecule has 0 radical (unpaired) electrons. The molecule has 0 atom stereocenters. The molecule has 2 aromatic rings. The first kappa shape index (κ1) is 14.5. The molecular weight excluding hydrogens is 254 g/mol. The summed E-state index contributed by atoms with van der Waals surface area (Å²) in [5.74, 6) is 1.48. The highest BCUT2D eigenvalue weighted by Crippen LogP contribution is 2.21. The molecule has 0 aliphatic heterocycles. The number of aliphatic hydroxyl groups is 1. The standard InChI is InChI=1S/C16H19NO3/c1-13-15(9-12-19-11-6-5-10-18)17-16(20-13)14-7-3-2-4-8-14/h2-8,18H,9-12H2,1H3/b6-5+. The molecule has 1 N–H and O–H groups in total. The van der Waals surface area contributed by atoms with E-state index in [9.17, 15) is 0 Å². The molecule has 1 aromatic heterocycles. The van der Waals surface area contributed by atoms with Gasteiger partial charge < -0.3 is 14.3 Å². The van der Waals surface area contributed by atoms with Gasteiger partial charge in [-0.2, -0.15) is 0 Å². The summed E-state index contributed by atoms with van der Waals surface area (Å²) in [5, 5.41) is 8.58. The Bertz CT molecular complexity index is 546. The largest absolute Gasteiger partial charge is 0.441 e. The van der Waals surface area contributed by atoms with Gasteiger partial charge in [0, 0.05) is 12.0 Å². The Morgan fingerprint density at radius 2 is 2.05 bits per heavy atom. The molecule has 0 fully saturated rings. The van der Waals surface area contributed by atoms with Gasteiger partial charge in [-0.1, -0.05) is 30.4 Å². The Hall–Kier alpha value is -1.91. The van der Waals surface area contributed by atoms with Crippen molar-refractivity contribution in [3.63, 3.8) is 0 Å². The number of rotatable bonds is 7. The summed E-state index contributed by atoms with van der Waals surface area (Å²) in [6.07, 6.45) is 4.18. The lowest BCUT2D eigenvalue weighted by Crippen LogP contribution is -2.00. The zero-order valence-corrected chi connectivity index (χ0v) is 11.6. The number of nitrogens with zero attached hydrogens (tertiary/aromatic N) is 1. The summed E-state index contributed by atoms with van der Waals surface area (Å²) in [7, 11) is 0. The molecule has 106 valence electrons. The number of ether oxygens (including phenoxy) is 1. The van der Waals surface area contributed by atoms with Crippen LogP contribution in [0.2, 0.25) is 0 Å². The third-order valence-electron chi connectivity index (χ3n) is 2.88. The van der Waals surface area contributed by atoms with Gasteiger partial charge in [0.2, 0.25) is 5.89 Å². The Balaban J connectivity index is 1.90. The smallest absolute Gasteiger partial charge is 0.226 e. The molecule has 4 nitrogen and oxygen atoms in total. The highest BCUT2D eigenvalue weighted by Gasteiger charge is 2.10. The summed E-state index contributed by atoms with van der Waals surface area (Å²) < 4.78 is 11.1. The minimum Gasteiger partial charge on any atom is -0.441 e. The maximum Gasteiger partial charge on any atom is 0.226 e. The molecule has 0 spiro atoms. The van der Waals surface area contributed by atoms with E-state index in [1.165, 1.54) is 0 Å². The number of oxazole rings is 1. The lowest BCUT2D eigenvalue weighted by atomic mass is 10.2. The molecule has 0 saturated heterocycles. The number of aryl methyl sites for hydroxylation is 1. The number of aliphatic hydroxyl groups excluding tert-OH is 1. The summed E-state index contributed by atoms with van der Waals surface area (Å²) in [5.41, 5.74) is 1.91. The molecule has 1 aromatic carbocycles. The van der Waals surface area contributed by atoms with Crippen molar-refractivity contribution in [3.8, 4) is 11.5 Å². The van der Waals surface area contributed by atoms with Crippen LogP contribution in [0.25, 0.3) is 11.5 Å². The second-order valence-electron chi connectivity index (χ2n) is 4.37. The summed E-state index contributed by atoms with van der Waals surface area (Å²) in [6, 6.07) is 9.85. The van der Waals surface area contributed by atoms with Crippen molar-refractivity contribution in [1.82, 2.24) is 4.98 Å². The molecule has 4 heteroatoms. The van der Waals surface area contributed by atoms with E-state index in [1.807, 2.05) is 37.3 Å². The van der Waals surface area contributed by atoms with Crippen LogP contribution in [0, 0.1) is 6.92 Å². The van der Waals surface area contributed by atoms with Gasteiger partial charge in [0.1, 0.15) is 5.76 Å². The van der Waals surface area contributed by atoms with E-state index in [4.69, 9.17) is 14.3 Å². The van der Waals surface area contributed by atoms with Crippen LogP contribution in [0.5, 0.6) is 0 Å². The van der Waals surface area contributed by atoms with Crippen LogP contribution in [0.1, 0.15) is 11.5 Å². The Morgan fingerprint density at radius 3 is 2.80 bits per heavy atom. The van der Waals surface area contributed by atoms with Crippen molar-refractivity contribution in [3.05, 3.63) is 53.9 Å².